The SMILES string of the molecule is O=C(c1ccc(NCc2ccoc2)nc1)N1CCC(Oc2cccnc2)CC1. The molecule has 1 aliphatic heterocycles. The van der Waals surface area contributed by atoms with Gasteiger partial charge in [0.15, 0.2) is 0 Å². The quantitative estimate of drug-likeness (QED) is 0.708. The van der Waals surface area contributed by atoms with Crippen molar-refractivity contribution >= 4 is 11.7 Å². The number of carbonyl (C=O) groups excluding carboxylic acids is 1. The molecular formula is C21H22N4O3. The molecule has 7 nitrogen and oxygen atoms in total. The van der Waals surface area contributed by atoms with E-state index in [-0.39, 0.29) is 12.0 Å². The van der Waals surface area contributed by atoms with Crippen LogP contribution < -0.4 is 10.1 Å². The summed E-state index contributed by atoms with van der Waals surface area (Å²) in [6, 6.07) is 9.29. The van der Waals surface area contributed by atoms with Crippen molar-refractivity contribution < 1.29 is 13.9 Å². The molecular weight excluding hydrogens is 356 g/mol. The first-order valence-corrected chi connectivity index (χ1v) is 9.35. The predicted octanol–water partition coefficient (Wildman–Crippen LogP) is 3.37. The summed E-state index contributed by atoms with van der Waals surface area (Å²) in [4.78, 5) is 23.0. The fourth-order valence-electron chi connectivity index (χ4n) is 3.18. The fraction of sp³-hybridized carbons (Fsp3) is 0.286. The average molecular weight is 378 g/mol. The van der Waals surface area contributed by atoms with Crippen molar-refractivity contribution in [1.29, 1.82) is 0 Å². The Kier molecular flexibility index (Phi) is 5.51. The molecule has 1 saturated heterocycles. The molecule has 0 saturated carbocycles. The second kappa shape index (κ2) is 8.56. The minimum Gasteiger partial charge on any atom is -0.489 e. The zero-order valence-corrected chi connectivity index (χ0v) is 15.5. The van der Waals surface area contributed by atoms with Crippen molar-refractivity contribution in [3.8, 4) is 5.75 Å². The van der Waals surface area contributed by atoms with Gasteiger partial charge in [-0.05, 0) is 30.3 Å². The van der Waals surface area contributed by atoms with E-state index in [1.807, 2.05) is 35.2 Å². The maximum Gasteiger partial charge on any atom is 0.255 e. The first-order chi connectivity index (χ1) is 13.8. The van der Waals surface area contributed by atoms with Gasteiger partial charge in [-0.1, -0.05) is 0 Å². The number of nitrogens with one attached hydrogen (secondary N) is 1. The average Bonchev–Trinajstić information content (AvgIpc) is 3.27. The van der Waals surface area contributed by atoms with Crippen molar-refractivity contribution in [2.24, 2.45) is 0 Å². The largest absolute Gasteiger partial charge is 0.489 e. The van der Waals surface area contributed by atoms with Crippen LogP contribution in [0.5, 0.6) is 5.75 Å². The normalized spacial score (nSPS) is 14.6. The number of aromatic nitrogens is 2. The van der Waals surface area contributed by atoms with E-state index in [2.05, 4.69) is 15.3 Å². The number of rotatable bonds is 6. The highest BCUT2D eigenvalue weighted by molar-refractivity contribution is 5.94. The molecule has 1 aliphatic rings. The zero-order valence-electron chi connectivity index (χ0n) is 15.5. The number of likely N-dealkylation sites (tertiary alicyclic amines) is 1. The van der Waals surface area contributed by atoms with Crippen LogP contribution in [0.25, 0.3) is 0 Å². The van der Waals surface area contributed by atoms with Crippen LogP contribution in [0.15, 0.2) is 65.9 Å². The van der Waals surface area contributed by atoms with E-state index < -0.39 is 0 Å². The Morgan fingerprint density at radius 1 is 1.21 bits per heavy atom. The minimum atomic E-state index is 0.00807. The van der Waals surface area contributed by atoms with Crippen molar-refractivity contribution in [2.45, 2.75) is 25.5 Å². The molecule has 4 rings (SSSR count). The number of ether oxygens (including phenoxy) is 1. The van der Waals surface area contributed by atoms with Gasteiger partial charge in [0, 0.05) is 50.4 Å². The topological polar surface area (TPSA) is 80.5 Å². The molecule has 144 valence electrons. The molecule has 0 bridgehead atoms. The van der Waals surface area contributed by atoms with Gasteiger partial charge in [0.25, 0.3) is 5.91 Å². The third-order valence-electron chi connectivity index (χ3n) is 4.73. The van der Waals surface area contributed by atoms with Gasteiger partial charge in [-0.3, -0.25) is 9.78 Å². The van der Waals surface area contributed by atoms with Crippen LogP contribution in [-0.2, 0) is 6.54 Å². The monoisotopic (exact) mass is 378 g/mol. The van der Waals surface area contributed by atoms with Gasteiger partial charge in [-0.2, -0.15) is 0 Å². The summed E-state index contributed by atoms with van der Waals surface area (Å²) in [6.45, 7) is 1.97. The molecule has 0 aliphatic carbocycles. The molecule has 1 amide bonds. The lowest BCUT2D eigenvalue weighted by Gasteiger charge is -2.32. The van der Waals surface area contributed by atoms with Gasteiger partial charge < -0.3 is 19.4 Å². The second-order valence-corrected chi connectivity index (χ2v) is 6.72. The Morgan fingerprint density at radius 2 is 2.11 bits per heavy atom. The fourth-order valence-corrected chi connectivity index (χ4v) is 3.18. The summed E-state index contributed by atoms with van der Waals surface area (Å²) < 4.78 is 11.0. The van der Waals surface area contributed by atoms with Gasteiger partial charge in [-0.15, -0.1) is 0 Å². The number of furan rings is 1. The summed E-state index contributed by atoms with van der Waals surface area (Å²) in [7, 11) is 0. The Balaban J connectivity index is 1.27. The molecule has 1 fully saturated rings. The summed E-state index contributed by atoms with van der Waals surface area (Å²) in [6.07, 6.45) is 10.1. The number of hydrogen-bond acceptors (Lipinski definition) is 6. The second-order valence-electron chi connectivity index (χ2n) is 6.72. The van der Waals surface area contributed by atoms with Crippen LogP contribution in [0, 0.1) is 0 Å². The molecule has 0 spiro atoms. The summed E-state index contributed by atoms with van der Waals surface area (Å²) in [5.41, 5.74) is 1.64. The number of nitrogens with zero attached hydrogens (tertiary/aromatic N) is 3. The first kappa shape index (κ1) is 18.0. The molecule has 3 aromatic rings. The highest BCUT2D eigenvalue weighted by atomic mass is 16.5. The van der Waals surface area contributed by atoms with Crippen molar-refractivity contribution in [1.82, 2.24) is 14.9 Å². The van der Waals surface area contributed by atoms with E-state index in [4.69, 9.17) is 9.15 Å². The molecule has 1 N–H and O–H groups in total. The van der Waals surface area contributed by atoms with Crippen molar-refractivity contribution in [2.75, 3.05) is 18.4 Å². The molecule has 28 heavy (non-hydrogen) atoms. The maximum absolute atomic E-state index is 12.7. The maximum atomic E-state index is 12.7. The van der Waals surface area contributed by atoms with E-state index in [9.17, 15) is 4.79 Å². The molecule has 7 heteroatoms. The highest BCUT2D eigenvalue weighted by Gasteiger charge is 2.25. The van der Waals surface area contributed by atoms with Crippen molar-refractivity contribution in [3.63, 3.8) is 0 Å². The highest BCUT2D eigenvalue weighted by Crippen LogP contribution is 2.19. The molecule has 0 atom stereocenters. The number of pyridine rings is 2. The number of piperidine rings is 1. The molecule has 0 unspecified atom stereocenters. The lowest BCUT2D eigenvalue weighted by molar-refractivity contribution is 0.0594. The van der Waals surface area contributed by atoms with Crippen LogP contribution in [-0.4, -0.2) is 40.0 Å². The number of amides is 1. The lowest BCUT2D eigenvalue weighted by atomic mass is 10.1. The van der Waals surface area contributed by atoms with Gasteiger partial charge >= 0.3 is 0 Å². The standard InChI is InChI=1S/C21H22N4O3/c26-21(17-3-4-20(24-13-17)23-12-16-7-11-27-15-16)25-9-5-18(6-10-25)28-19-2-1-8-22-14-19/h1-4,7-8,11,13-15,18H,5-6,9-10,12H2,(H,23,24). The molecule has 0 aromatic carbocycles. The zero-order chi connectivity index (χ0) is 19.2. The van der Waals surface area contributed by atoms with Crippen molar-refractivity contribution in [3.05, 3.63) is 72.6 Å². The van der Waals surface area contributed by atoms with Crippen LogP contribution in [0.4, 0.5) is 5.82 Å². The van der Waals surface area contributed by atoms with Gasteiger partial charge in [0.1, 0.15) is 17.7 Å². The van der Waals surface area contributed by atoms with Crippen LogP contribution in [0.1, 0.15) is 28.8 Å². The lowest BCUT2D eigenvalue weighted by Crippen LogP contribution is -2.41. The van der Waals surface area contributed by atoms with E-state index in [1.54, 1.807) is 31.1 Å². The Bertz CT molecular complexity index is 874. The van der Waals surface area contributed by atoms with Crippen LogP contribution in [0.3, 0.4) is 0 Å². The number of hydrogen-bond donors (Lipinski definition) is 1. The third-order valence-corrected chi connectivity index (χ3v) is 4.73. The van der Waals surface area contributed by atoms with Gasteiger partial charge in [0.2, 0.25) is 0 Å². The van der Waals surface area contributed by atoms with E-state index >= 15 is 0 Å². The Labute approximate surface area is 163 Å². The predicted molar refractivity (Wildman–Crippen MR) is 104 cm³/mol. The Morgan fingerprint density at radius 3 is 2.79 bits per heavy atom. The molecule has 4 heterocycles. The van der Waals surface area contributed by atoms with E-state index in [1.165, 1.54) is 0 Å². The summed E-state index contributed by atoms with van der Waals surface area (Å²) in [5.74, 6) is 1.50. The molecule has 3 aromatic heterocycles. The Hall–Kier alpha value is -3.35. The summed E-state index contributed by atoms with van der Waals surface area (Å²) >= 11 is 0. The van der Waals surface area contributed by atoms with Gasteiger partial charge in [-0.25, -0.2) is 4.98 Å². The van der Waals surface area contributed by atoms with Crippen LogP contribution >= 0.6 is 0 Å². The van der Waals surface area contributed by atoms with Gasteiger partial charge in [0.05, 0.1) is 24.3 Å². The first-order valence-electron chi connectivity index (χ1n) is 9.35. The van der Waals surface area contributed by atoms with E-state index in [0.29, 0.717) is 25.2 Å². The van der Waals surface area contributed by atoms with E-state index in [0.717, 1.165) is 30.0 Å². The third kappa shape index (κ3) is 4.49. The summed E-state index contributed by atoms with van der Waals surface area (Å²) in [5, 5.41) is 3.20. The molecule has 0 radical (unpaired) electrons. The van der Waals surface area contributed by atoms with Crippen LogP contribution in [0.2, 0.25) is 0 Å². The minimum absolute atomic E-state index is 0.00807. The number of anilines is 1. The number of carbonyl (C=O) groups is 1. The smallest absolute Gasteiger partial charge is 0.255 e.